The normalized spacial score (nSPS) is 15.3. The Morgan fingerprint density at radius 2 is 1.70 bits per heavy atom. The fourth-order valence-electron chi connectivity index (χ4n) is 6.08. The number of benzene rings is 2. The highest BCUT2D eigenvalue weighted by atomic mass is 16.5. The molecule has 0 saturated heterocycles. The highest BCUT2D eigenvalue weighted by Gasteiger charge is 2.50. The lowest BCUT2D eigenvalue weighted by atomic mass is 9.69. The lowest BCUT2D eigenvalue weighted by Gasteiger charge is -2.54. The van der Waals surface area contributed by atoms with Gasteiger partial charge in [0.15, 0.2) is 12.4 Å². The van der Waals surface area contributed by atoms with Crippen LogP contribution in [0.1, 0.15) is 51.4 Å². The molecule has 1 amide bonds. The first kappa shape index (κ1) is 25.9. The number of hydrogen-bond acceptors (Lipinski definition) is 6. The van der Waals surface area contributed by atoms with Gasteiger partial charge < -0.3 is 14.7 Å². The molecular formula is C31H34N6O3. The van der Waals surface area contributed by atoms with E-state index in [1.165, 1.54) is 0 Å². The van der Waals surface area contributed by atoms with Crippen LogP contribution in [0, 0.1) is 0 Å². The first-order valence-corrected chi connectivity index (χ1v) is 13.6. The number of ether oxygens (including phenoxy) is 1. The van der Waals surface area contributed by atoms with Crippen molar-refractivity contribution in [2.24, 2.45) is 0 Å². The summed E-state index contributed by atoms with van der Waals surface area (Å²) in [6.07, 6.45) is 1.74. The number of hydrogen-bond donors (Lipinski definition) is 1. The number of anilines is 1. The summed E-state index contributed by atoms with van der Waals surface area (Å²) in [6, 6.07) is 20.5. The van der Waals surface area contributed by atoms with Crippen LogP contribution in [0.3, 0.4) is 0 Å². The minimum atomic E-state index is -0.887. The molecule has 0 unspecified atom stereocenters. The van der Waals surface area contributed by atoms with Crippen molar-refractivity contribution in [1.82, 2.24) is 24.6 Å². The van der Waals surface area contributed by atoms with E-state index >= 15 is 0 Å². The SMILES string of the molecule is CN(C)c1nnc2n1-c1cc(-c3ccccc3)c(-c3ccc(C4(N(C(=O)O)C(C)(C)C)CCC4)cc3)nc1OC2. The van der Waals surface area contributed by atoms with Crippen LogP contribution in [-0.2, 0) is 12.1 Å². The second-order valence-corrected chi connectivity index (χ2v) is 11.8. The number of rotatable bonds is 5. The van der Waals surface area contributed by atoms with Crippen LogP contribution in [0.4, 0.5) is 10.7 Å². The molecule has 2 aliphatic rings. The molecule has 3 heterocycles. The lowest BCUT2D eigenvalue weighted by Crippen LogP contribution is -2.60. The number of pyridine rings is 1. The van der Waals surface area contributed by atoms with Crippen molar-refractivity contribution < 1.29 is 14.6 Å². The Labute approximate surface area is 234 Å². The summed E-state index contributed by atoms with van der Waals surface area (Å²) < 4.78 is 8.07. The summed E-state index contributed by atoms with van der Waals surface area (Å²) >= 11 is 0. The van der Waals surface area contributed by atoms with Gasteiger partial charge in [-0.25, -0.2) is 9.78 Å². The fraction of sp³-hybridized carbons (Fsp3) is 0.355. The molecule has 1 saturated carbocycles. The van der Waals surface area contributed by atoms with E-state index in [1.807, 2.05) is 62.5 Å². The van der Waals surface area contributed by atoms with Crippen LogP contribution in [-0.4, -0.2) is 55.5 Å². The molecule has 40 heavy (non-hydrogen) atoms. The average molecular weight is 539 g/mol. The van der Waals surface area contributed by atoms with Crippen LogP contribution in [0.5, 0.6) is 5.88 Å². The predicted molar refractivity (Wildman–Crippen MR) is 154 cm³/mol. The van der Waals surface area contributed by atoms with Gasteiger partial charge in [-0.2, -0.15) is 0 Å². The third-order valence-corrected chi connectivity index (χ3v) is 7.91. The summed E-state index contributed by atoms with van der Waals surface area (Å²) in [5.74, 6) is 1.96. The molecule has 1 aliphatic heterocycles. The van der Waals surface area contributed by atoms with Gasteiger partial charge in [-0.15, -0.1) is 10.2 Å². The number of amides is 1. The Bertz CT molecular complexity index is 1570. The zero-order valence-corrected chi connectivity index (χ0v) is 23.5. The molecule has 1 aliphatic carbocycles. The van der Waals surface area contributed by atoms with E-state index < -0.39 is 17.2 Å². The number of carboxylic acid groups (broad SMARTS) is 1. The third kappa shape index (κ3) is 4.08. The van der Waals surface area contributed by atoms with E-state index in [4.69, 9.17) is 9.72 Å². The van der Waals surface area contributed by atoms with E-state index in [1.54, 1.807) is 4.90 Å². The first-order chi connectivity index (χ1) is 19.1. The van der Waals surface area contributed by atoms with Gasteiger partial charge >= 0.3 is 6.09 Å². The zero-order valence-electron chi connectivity index (χ0n) is 23.5. The van der Waals surface area contributed by atoms with Gasteiger partial charge in [-0.3, -0.25) is 9.47 Å². The molecule has 0 atom stereocenters. The second-order valence-electron chi connectivity index (χ2n) is 11.8. The van der Waals surface area contributed by atoms with Gasteiger partial charge in [0.25, 0.3) is 0 Å². The van der Waals surface area contributed by atoms with Gasteiger partial charge in [0, 0.05) is 30.8 Å². The molecular weight excluding hydrogens is 504 g/mol. The van der Waals surface area contributed by atoms with Crippen LogP contribution in [0.2, 0.25) is 0 Å². The molecule has 9 nitrogen and oxygen atoms in total. The Balaban J connectivity index is 1.48. The Morgan fingerprint density at radius 1 is 1.00 bits per heavy atom. The number of aromatic nitrogens is 4. The highest BCUT2D eigenvalue weighted by molar-refractivity contribution is 5.83. The summed E-state index contributed by atoms with van der Waals surface area (Å²) in [5, 5.41) is 18.9. The van der Waals surface area contributed by atoms with E-state index in [-0.39, 0.29) is 6.61 Å². The van der Waals surface area contributed by atoms with Gasteiger partial charge in [0.05, 0.1) is 11.2 Å². The van der Waals surface area contributed by atoms with Crippen molar-refractivity contribution in [1.29, 1.82) is 0 Å². The molecule has 9 heteroatoms. The maximum Gasteiger partial charge on any atom is 0.408 e. The van der Waals surface area contributed by atoms with Crippen molar-refractivity contribution in [2.75, 3.05) is 19.0 Å². The molecule has 2 aromatic heterocycles. The number of nitrogens with zero attached hydrogens (tertiary/aromatic N) is 6. The molecule has 1 N–H and O–H groups in total. The minimum absolute atomic E-state index is 0.282. The van der Waals surface area contributed by atoms with Crippen molar-refractivity contribution in [3.8, 4) is 34.0 Å². The summed E-state index contributed by atoms with van der Waals surface area (Å²) in [4.78, 5) is 21.0. The van der Waals surface area contributed by atoms with E-state index in [0.717, 1.165) is 58.7 Å². The van der Waals surface area contributed by atoms with E-state index in [0.29, 0.717) is 11.8 Å². The molecule has 0 radical (unpaired) electrons. The van der Waals surface area contributed by atoms with Crippen LogP contribution in [0.25, 0.3) is 28.1 Å². The van der Waals surface area contributed by atoms with E-state index in [2.05, 4.69) is 52.7 Å². The minimum Gasteiger partial charge on any atom is -0.468 e. The Hall–Kier alpha value is -4.40. The quantitative estimate of drug-likeness (QED) is 0.327. The summed E-state index contributed by atoms with van der Waals surface area (Å²) in [6.45, 7) is 6.16. The molecule has 0 bridgehead atoms. The molecule has 6 rings (SSSR count). The maximum atomic E-state index is 12.4. The molecule has 206 valence electrons. The van der Waals surface area contributed by atoms with Gasteiger partial charge in [0.1, 0.15) is 5.69 Å². The van der Waals surface area contributed by atoms with E-state index in [9.17, 15) is 9.90 Å². The monoisotopic (exact) mass is 538 g/mol. The topological polar surface area (TPSA) is 96.6 Å². The van der Waals surface area contributed by atoms with Crippen LogP contribution in [0.15, 0.2) is 60.7 Å². The largest absolute Gasteiger partial charge is 0.468 e. The standard InChI is InChI=1S/C31H34N6O3/c1-30(2,3)37(29(38)39)31(16-9-17-31)22-14-12-21(13-15-22)26-23(20-10-7-6-8-11-20)18-24-27(32-26)40-19-25-33-34-28(35(4)5)36(24)25/h6-8,10-15,18H,9,16-17,19H2,1-5H3,(H,38,39). The maximum absolute atomic E-state index is 12.4. The highest BCUT2D eigenvalue weighted by Crippen LogP contribution is 2.50. The van der Waals surface area contributed by atoms with Crippen molar-refractivity contribution in [3.63, 3.8) is 0 Å². The van der Waals surface area contributed by atoms with Gasteiger partial charge in [-0.05, 0) is 57.2 Å². The lowest BCUT2D eigenvalue weighted by molar-refractivity contribution is -0.0328. The number of carbonyl (C=O) groups is 1. The van der Waals surface area contributed by atoms with Crippen molar-refractivity contribution in [3.05, 3.63) is 72.1 Å². The third-order valence-electron chi connectivity index (χ3n) is 7.91. The first-order valence-electron chi connectivity index (χ1n) is 13.6. The van der Waals surface area contributed by atoms with Gasteiger partial charge in [-0.1, -0.05) is 54.6 Å². The zero-order chi connectivity index (χ0) is 28.2. The fourth-order valence-corrected chi connectivity index (χ4v) is 6.08. The molecule has 4 aromatic rings. The predicted octanol–water partition coefficient (Wildman–Crippen LogP) is 6.11. The smallest absolute Gasteiger partial charge is 0.408 e. The number of fused-ring (bicyclic) bond motifs is 3. The molecule has 2 aromatic carbocycles. The Morgan fingerprint density at radius 3 is 2.27 bits per heavy atom. The molecule has 1 fully saturated rings. The average Bonchev–Trinajstić information content (AvgIpc) is 3.35. The summed E-state index contributed by atoms with van der Waals surface area (Å²) in [5.41, 5.74) is 4.49. The van der Waals surface area contributed by atoms with Gasteiger partial charge in [0.2, 0.25) is 11.8 Å². The van der Waals surface area contributed by atoms with Crippen LogP contribution < -0.4 is 9.64 Å². The van der Waals surface area contributed by atoms with Crippen molar-refractivity contribution in [2.45, 2.75) is 57.7 Å². The van der Waals surface area contributed by atoms with Crippen LogP contribution >= 0.6 is 0 Å². The second kappa shape index (κ2) is 9.36. The Kier molecular flexibility index (Phi) is 6.05. The van der Waals surface area contributed by atoms with Crippen molar-refractivity contribution >= 4 is 12.0 Å². The molecule has 0 spiro atoms. The summed E-state index contributed by atoms with van der Waals surface area (Å²) in [7, 11) is 3.88.